The summed E-state index contributed by atoms with van der Waals surface area (Å²) >= 11 is 0. The number of hydrogen-bond acceptors (Lipinski definition) is 3. The molecule has 1 heterocycles. The first-order valence-electron chi connectivity index (χ1n) is 8.50. The second-order valence-electron chi connectivity index (χ2n) is 6.64. The van der Waals surface area contributed by atoms with Gasteiger partial charge in [-0.05, 0) is 54.7 Å². The van der Waals surface area contributed by atoms with E-state index in [2.05, 4.69) is 0 Å². The molecule has 4 rings (SSSR count). The highest BCUT2D eigenvalue weighted by Crippen LogP contribution is 2.37. The van der Waals surface area contributed by atoms with Gasteiger partial charge < -0.3 is 14.7 Å². The maximum atomic E-state index is 12.9. The van der Waals surface area contributed by atoms with Gasteiger partial charge in [-0.2, -0.15) is 0 Å². The number of benzene rings is 2. The largest absolute Gasteiger partial charge is 0.493 e. The SMILES string of the molecule is O=C(O)C1CN(C(=O)c2ccc(OCC3CC3)cc2)c2ccccc21. The second kappa shape index (κ2) is 6.24. The van der Waals surface area contributed by atoms with E-state index in [-0.39, 0.29) is 12.5 Å². The lowest BCUT2D eigenvalue weighted by Gasteiger charge is -2.17. The Bertz CT molecular complexity index is 811. The summed E-state index contributed by atoms with van der Waals surface area (Å²) in [6.07, 6.45) is 2.46. The Kier molecular flexibility index (Phi) is 3.92. The highest BCUT2D eigenvalue weighted by Gasteiger charge is 2.36. The van der Waals surface area contributed by atoms with Crippen LogP contribution in [0.4, 0.5) is 5.69 Å². The van der Waals surface area contributed by atoms with Crippen molar-refractivity contribution in [3.05, 3.63) is 59.7 Å². The average Bonchev–Trinajstić information content (AvgIpc) is 3.38. The topological polar surface area (TPSA) is 66.8 Å². The molecular weight excluding hydrogens is 318 g/mol. The molecule has 2 aliphatic rings. The molecule has 1 N–H and O–H groups in total. The van der Waals surface area contributed by atoms with Gasteiger partial charge in [-0.15, -0.1) is 0 Å². The lowest BCUT2D eigenvalue weighted by atomic mass is 10.0. The fraction of sp³-hybridized carbons (Fsp3) is 0.300. The third-order valence-corrected chi connectivity index (χ3v) is 4.80. The number of carbonyl (C=O) groups excluding carboxylic acids is 1. The lowest BCUT2D eigenvalue weighted by Crippen LogP contribution is -2.31. The van der Waals surface area contributed by atoms with Crippen molar-refractivity contribution in [1.82, 2.24) is 0 Å². The number of nitrogens with zero attached hydrogens (tertiary/aromatic N) is 1. The van der Waals surface area contributed by atoms with Gasteiger partial charge in [0.1, 0.15) is 11.7 Å². The number of hydrogen-bond donors (Lipinski definition) is 1. The monoisotopic (exact) mass is 337 g/mol. The van der Waals surface area contributed by atoms with E-state index in [1.54, 1.807) is 47.4 Å². The highest BCUT2D eigenvalue weighted by molar-refractivity contribution is 6.08. The summed E-state index contributed by atoms with van der Waals surface area (Å²) < 4.78 is 5.69. The number of carbonyl (C=O) groups is 2. The normalized spacial score (nSPS) is 18.7. The molecule has 0 saturated heterocycles. The number of anilines is 1. The predicted octanol–water partition coefficient (Wildman–Crippen LogP) is 3.30. The molecule has 0 radical (unpaired) electrons. The first kappa shape index (κ1) is 15.7. The smallest absolute Gasteiger partial charge is 0.312 e. The third-order valence-electron chi connectivity index (χ3n) is 4.80. The Hall–Kier alpha value is -2.82. The van der Waals surface area contributed by atoms with Gasteiger partial charge in [0.2, 0.25) is 0 Å². The van der Waals surface area contributed by atoms with E-state index in [4.69, 9.17) is 4.74 Å². The van der Waals surface area contributed by atoms with Crippen LogP contribution in [0.2, 0.25) is 0 Å². The predicted molar refractivity (Wildman–Crippen MR) is 93.2 cm³/mol. The van der Waals surface area contributed by atoms with Crippen molar-refractivity contribution in [3.8, 4) is 5.75 Å². The summed E-state index contributed by atoms with van der Waals surface area (Å²) in [6, 6.07) is 14.3. The van der Waals surface area contributed by atoms with Gasteiger partial charge in [0.05, 0.1) is 6.61 Å². The average molecular weight is 337 g/mol. The minimum Gasteiger partial charge on any atom is -0.493 e. The molecule has 0 bridgehead atoms. The van der Waals surface area contributed by atoms with Crippen LogP contribution < -0.4 is 9.64 Å². The number of para-hydroxylation sites is 1. The van der Waals surface area contributed by atoms with Gasteiger partial charge in [-0.1, -0.05) is 18.2 Å². The fourth-order valence-electron chi connectivity index (χ4n) is 3.16. The van der Waals surface area contributed by atoms with E-state index < -0.39 is 11.9 Å². The quantitative estimate of drug-likeness (QED) is 0.909. The zero-order chi connectivity index (χ0) is 17.4. The number of ether oxygens (including phenoxy) is 1. The van der Waals surface area contributed by atoms with Crippen LogP contribution in [0.1, 0.15) is 34.7 Å². The summed E-state index contributed by atoms with van der Waals surface area (Å²) in [5.41, 5.74) is 1.89. The number of aliphatic carboxylic acids is 1. The van der Waals surface area contributed by atoms with Gasteiger partial charge >= 0.3 is 5.97 Å². The molecule has 25 heavy (non-hydrogen) atoms. The lowest BCUT2D eigenvalue weighted by molar-refractivity contribution is -0.138. The van der Waals surface area contributed by atoms with Gasteiger partial charge in [-0.3, -0.25) is 9.59 Å². The maximum Gasteiger partial charge on any atom is 0.312 e. The molecule has 1 fully saturated rings. The molecule has 1 aliphatic heterocycles. The van der Waals surface area contributed by atoms with E-state index >= 15 is 0 Å². The van der Waals surface area contributed by atoms with Crippen LogP contribution in [-0.2, 0) is 4.79 Å². The Morgan fingerprint density at radius 3 is 2.48 bits per heavy atom. The number of carboxylic acids is 1. The van der Waals surface area contributed by atoms with Crippen molar-refractivity contribution < 1.29 is 19.4 Å². The molecule has 5 heteroatoms. The van der Waals surface area contributed by atoms with Crippen molar-refractivity contribution >= 4 is 17.6 Å². The van der Waals surface area contributed by atoms with Crippen molar-refractivity contribution in [2.45, 2.75) is 18.8 Å². The molecule has 1 unspecified atom stereocenters. The first-order valence-corrected chi connectivity index (χ1v) is 8.50. The Labute approximate surface area is 145 Å². The maximum absolute atomic E-state index is 12.9. The van der Waals surface area contributed by atoms with E-state index in [0.717, 1.165) is 12.4 Å². The van der Waals surface area contributed by atoms with Crippen LogP contribution in [0, 0.1) is 5.92 Å². The molecule has 1 atom stereocenters. The minimum absolute atomic E-state index is 0.160. The summed E-state index contributed by atoms with van der Waals surface area (Å²) in [7, 11) is 0. The van der Waals surface area contributed by atoms with Crippen molar-refractivity contribution in [2.75, 3.05) is 18.1 Å². The van der Waals surface area contributed by atoms with Crippen molar-refractivity contribution in [2.24, 2.45) is 5.92 Å². The van der Waals surface area contributed by atoms with Crippen LogP contribution in [-0.4, -0.2) is 30.1 Å². The standard InChI is InChI=1S/C20H19NO4/c22-19(14-7-9-15(10-8-14)25-12-13-5-6-13)21-11-17(20(23)24)16-3-1-2-4-18(16)21/h1-4,7-10,13,17H,5-6,11-12H2,(H,23,24). The third kappa shape index (κ3) is 3.09. The van der Waals surface area contributed by atoms with E-state index in [0.29, 0.717) is 22.7 Å². The number of carboxylic acid groups (broad SMARTS) is 1. The Morgan fingerprint density at radius 2 is 1.80 bits per heavy atom. The van der Waals surface area contributed by atoms with Crippen LogP contribution >= 0.6 is 0 Å². The van der Waals surface area contributed by atoms with E-state index in [9.17, 15) is 14.7 Å². The number of rotatable bonds is 5. The summed E-state index contributed by atoms with van der Waals surface area (Å²) in [6.45, 7) is 0.889. The Balaban J connectivity index is 1.53. The van der Waals surface area contributed by atoms with Gasteiger partial charge in [0.15, 0.2) is 0 Å². The van der Waals surface area contributed by atoms with Gasteiger partial charge in [0.25, 0.3) is 5.91 Å². The van der Waals surface area contributed by atoms with E-state index in [1.165, 1.54) is 12.8 Å². The van der Waals surface area contributed by atoms with Gasteiger partial charge in [-0.25, -0.2) is 0 Å². The fourth-order valence-corrected chi connectivity index (χ4v) is 3.16. The number of amides is 1. The molecule has 128 valence electrons. The van der Waals surface area contributed by atoms with Crippen molar-refractivity contribution in [3.63, 3.8) is 0 Å². The van der Waals surface area contributed by atoms with Crippen molar-refractivity contribution in [1.29, 1.82) is 0 Å². The zero-order valence-corrected chi connectivity index (χ0v) is 13.7. The summed E-state index contributed by atoms with van der Waals surface area (Å²) in [5, 5.41) is 9.42. The van der Waals surface area contributed by atoms with Gasteiger partial charge in [0, 0.05) is 17.8 Å². The zero-order valence-electron chi connectivity index (χ0n) is 13.7. The van der Waals surface area contributed by atoms with Crippen LogP contribution in [0.5, 0.6) is 5.75 Å². The summed E-state index contributed by atoms with van der Waals surface area (Å²) in [5.74, 6) is -0.345. The molecule has 1 amide bonds. The summed E-state index contributed by atoms with van der Waals surface area (Å²) in [4.78, 5) is 25.9. The highest BCUT2D eigenvalue weighted by atomic mass is 16.5. The van der Waals surface area contributed by atoms with Crippen LogP contribution in [0.15, 0.2) is 48.5 Å². The molecule has 2 aromatic carbocycles. The number of fused-ring (bicyclic) bond motifs is 1. The molecule has 1 aliphatic carbocycles. The molecule has 0 aromatic heterocycles. The van der Waals surface area contributed by atoms with Crippen LogP contribution in [0.25, 0.3) is 0 Å². The molecule has 2 aromatic rings. The molecule has 5 nitrogen and oxygen atoms in total. The molecular formula is C20H19NO4. The minimum atomic E-state index is -0.911. The Morgan fingerprint density at radius 1 is 1.08 bits per heavy atom. The molecule has 1 saturated carbocycles. The van der Waals surface area contributed by atoms with E-state index in [1.807, 2.05) is 6.07 Å². The van der Waals surface area contributed by atoms with Crippen LogP contribution in [0.3, 0.4) is 0 Å². The molecule has 0 spiro atoms. The second-order valence-corrected chi connectivity index (χ2v) is 6.64. The first-order chi connectivity index (χ1) is 12.1.